The lowest BCUT2D eigenvalue weighted by molar-refractivity contribution is 0.158. The molecule has 0 amide bonds. The van der Waals surface area contributed by atoms with E-state index in [1.54, 1.807) is 7.11 Å². The first-order valence-electron chi connectivity index (χ1n) is 5.33. The van der Waals surface area contributed by atoms with Gasteiger partial charge in [-0.3, -0.25) is 4.98 Å². The van der Waals surface area contributed by atoms with E-state index in [-0.39, 0.29) is 0 Å². The molecule has 1 aromatic heterocycles. The van der Waals surface area contributed by atoms with Crippen LogP contribution in [0.4, 0.5) is 0 Å². The minimum atomic E-state index is 0.548. The van der Waals surface area contributed by atoms with Crippen LogP contribution in [0.15, 0.2) is 18.5 Å². The molecular formula is C12H20N2O. The summed E-state index contributed by atoms with van der Waals surface area (Å²) in [4.78, 5) is 4.11. The Morgan fingerprint density at radius 2 is 2.33 bits per heavy atom. The molecule has 1 unspecified atom stereocenters. The number of hydrogen-bond donors (Lipinski definition) is 1. The first-order chi connectivity index (χ1) is 7.24. The van der Waals surface area contributed by atoms with E-state index in [0.29, 0.717) is 5.92 Å². The van der Waals surface area contributed by atoms with Crippen molar-refractivity contribution in [3.8, 4) is 0 Å². The SMILES string of the molecule is COCC(C)CNCc1cnccc1C. The number of aryl methyl sites for hydroxylation is 1. The number of pyridine rings is 1. The lowest BCUT2D eigenvalue weighted by Crippen LogP contribution is -2.23. The van der Waals surface area contributed by atoms with Crippen LogP contribution < -0.4 is 5.32 Å². The molecule has 1 N–H and O–H groups in total. The standard InChI is InChI=1S/C12H20N2O/c1-10(9-15-3)6-14-8-12-7-13-5-4-11(12)2/h4-5,7,10,14H,6,8-9H2,1-3H3. The predicted octanol–water partition coefficient (Wildman–Crippen LogP) is 1.76. The van der Waals surface area contributed by atoms with Crippen LogP contribution in [0.25, 0.3) is 0 Å². The molecule has 0 saturated heterocycles. The highest BCUT2D eigenvalue weighted by Gasteiger charge is 2.01. The average molecular weight is 208 g/mol. The van der Waals surface area contributed by atoms with Crippen LogP contribution in [-0.4, -0.2) is 25.2 Å². The molecule has 15 heavy (non-hydrogen) atoms. The summed E-state index contributed by atoms with van der Waals surface area (Å²) >= 11 is 0. The van der Waals surface area contributed by atoms with Gasteiger partial charge in [0.1, 0.15) is 0 Å². The Kier molecular flexibility index (Phi) is 5.29. The fourth-order valence-corrected chi connectivity index (χ4v) is 1.48. The second kappa shape index (κ2) is 6.53. The molecule has 3 heteroatoms. The number of ether oxygens (including phenoxy) is 1. The summed E-state index contributed by atoms with van der Waals surface area (Å²) in [5.41, 5.74) is 2.55. The van der Waals surface area contributed by atoms with Crippen molar-refractivity contribution in [1.82, 2.24) is 10.3 Å². The third-order valence-electron chi connectivity index (χ3n) is 2.41. The van der Waals surface area contributed by atoms with E-state index >= 15 is 0 Å². The third kappa shape index (κ3) is 4.40. The van der Waals surface area contributed by atoms with Gasteiger partial charge in [-0.25, -0.2) is 0 Å². The average Bonchev–Trinajstić information content (AvgIpc) is 2.21. The molecule has 3 nitrogen and oxygen atoms in total. The number of hydrogen-bond acceptors (Lipinski definition) is 3. The van der Waals surface area contributed by atoms with Gasteiger partial charge in [0.05, 0.1) is 0 Å². The Labute approximate surface area is 91.9 Å². The highest BCUT2D eigenvalue weighted by Crippen LogP contribution is 2.04. The maximum atomic E-state index is 5.08. The number of nitrogens with one attached hydrogen (secondary N) is 1. The molecule has 0 saturated carbocycles. The smallest absolute Gasteiger partial charge is 0.0499 e. The summed E-state index contributed by atoms with van der Waals surface area (Å²) in [5.74, 6) is 0.548. The molecule has 0 aliphatic carbocycles. The Hall–Kier alpha value is -0.930. The maximum absolute atomic E-state index is 5.08. The van der Waals surface area contributed by atoms with Gasteiger partial charge in [0.15, 0.2) is 0 Å². The molecule has 0 spiro atoms. The summed E-state index contributed by atoms with van der Waals surface area (Å²) in [6, 6.07) is 2.04. The zero-order valence-electron chi connectivity index (χ0n) is 9.79. The molecule has 1 heterocycles. The maximum Gasteiger partial charge on any atom is 0.0499 e. The van der Waals surface area contributed by atoms with E-state index in [4.69, 9.17) is 4.74 Å². The van der Waals surface area contributed by atoms with Crippen molar-refractivity contribution in [3.05, 3.63) is 29.6 Å². The van der Waals surface area contributed by atoms with Crippen molar-refractivity contribution in [3.63, 3.8) is 0 Å². The number of methoxy groups -OCH3 is 1. The molecule has 1 rings (SSSR count). The molecular weight excluding hydrogens is 188 g/mol. The Balaban J connectivity index is 2.29. The highest BCUT2D eigenvalue weighted by atomic mass is 16.5. The van der Waals surface area contributed by atoms with Crippen LogP contribution in [-0.2, 0) is 11.3 Å². The van der Waals surface area contributed by atoms with Gasteiger partial charge in [-0.2, -0.15) is 0 Å². The minimum absolute atomic E-state index is 0.548. The van der Waals surface area contributed by atoms with Gasteiger partial charge in [0.2, 0.25) is 0 Å². The summed E-state index contributed by atoms with van der Waals surface area (Å²) in [7, 11) is 1.74. The van der Waals surface area contributed by atoms with Gasteiger partial charge in [0.25, 0.3) is 0 Å². The number of rotatable bonds is 6. The van der Waals surface area contributed by atoms with E-state index < -0.39 is 0 Å². The van der Waals surface area contributed by atoms with Crippen molar-refractivity contribution in [2.45, 2.75) is 20.4 Å². The first-order valence-corrected chi connectivity index (χ1v) is 5.33. The van der Waals surface area contributed by atoms with Crippen LogP contribution >= 0.6 is 0 Å². The minimum Gasteiger partial charge on any atom is -0.384 e. The monoisotopic (exact) mass is 208 g/mol. The second-order valence-electron chi connectivity index (χ2n) is 3.99. The van der Waals surface area contributed by atoms with Crippen molar-refractivity contribution in [2.75, 3.05) is 20.3 Å². The fraction of sp³-hybridized carbons (Fsp3) is 0.583. The van der Waals surface area contributed by atoms with E-state index in [1.807, 2.05) is 18.5 Å². The first kappa shape index (κ1) is 12.1. The molecule has 0 aromatic carbocycles. The van der Waals surface area contributed by atoms with Crippen molar-refractivity contribution < 1.29 is 4.74 Å². The van der Waals surface area contributed by atoms with Gasteiger partial charge < -0.3 is 10.1 Å². The van der Waals surface area contributed by atoms with Crippen LogP contribution in [0.2, 0.25) is 0 Å². The van der Waals surface area contributed by atoms with Crippen LogP contribution in [0, 0.1) is 12.8 Å². The lowest BCUT2D eigenvalue weighted by atomic mass is 10.1. The molecule has 0 aliphatic rings. The fourth-order valence-electron chi connectivity index (χ4n) is 1.48. The Morgan fingerprint density at radius 3 is 3.00 bits per heavy atom. The summed E-state index contributed by atoms with van der Waals surface area (Å²) in [6.07, 6.45) is 3.75. The molecule has 1 atom stereocenters. The van der Waals surface area contributed by atoms with E-state index in [9.17, 15) is 0 Å². The van der Waals surface area contributed by atoms with Crippen LogP contribution in [0.1, 0.15) is 18.1 Å². The second-order valence-corrected chi connectivity index (χ2v) is 3.99. The van der Waals surface area contributed by atoms with Gasteiger partial charge >= 0.3 is 0 Å². The van der Waals surface area contributed by atoms with E-state index in [2.05, 4.69) is 24.1 Å². The topological polar surface area (TPSA) is 34.1 Å². The van der Waals surface area contributed by atoms with Gasteiger partial charge in [-0.15, -0.1) is 0 Å². The van der Waals surface area contributed by atoms with Crippen LogP contribution in [0.3, 0.4) is 0 Å². The lowest BCUT2D eigenvalue weighted by Gasteiger charge is -2.12. The Morgan fingerprint density at radius 1 is 1.53 bits per heavy atom. The van der Waals surface area contributed by atoms with Crippen molar-refractivity contribution >= 4 is 0 Å². The van der Waals surface area contributed by atoms with Gasteiger partial charge in [-0.1, -0.05) is 6.92 Å². The molecule has 0 aliphatic heterocycles. The van der Waals surface area contributed by atoms with E-state index in [1.165, 1.54) is 11.1 Å². The predicted molar refractivity (Wildman–Crippen MR) is 61.7 cm³/mol. The number of nitrogens with zero attached hydrogens (tertiary/aromatic N) is 1. The highest BCUT2D eigenvalue weighted by molar-refractivity contribution is 5.20. The van der Waals surface area contributed by atoms with Gasteiger partial charge in [-0.05, 0) is 30.0 Å². The van der Waals surface area contributed by atoms with Gasteiger partial charge in [0, 0.05) is 39.2 Å². The largest absolute Gasteiger partial charge is 0.384 e. The Bertz CT molecular complexity index is 289. The molecule has 0 fully saturated rings. The molecule has 0 radical (unpaired) electrons. The molecule has 1 aromatic rings. The summed E-state index contributed by atoms with van der Waals surface area (Å²) in [5, 5.41) is 3.41. The number of aromatic nitrogens is 1. The normalized spacial score (nSPS) is 12.7. The van der Waals surface area contributed by atoms with Crippen molar-refractivity contribution in [2.24, 2.45) is 5.92 Å². The van der Waals surface area contributed by atoms with Crippen molar-refractivity contribution in [1.29, 1.82) is 0 Å². The quantitative estimate of drug-likeness (QED) is 0.773. The van der Waals surface area contributed by atoms with E-state index in [0.717, 1.165) is 19.7 Å². The zero-order valence-corrected chi connectivity index (χ0v) is 9.79. The summed E-state index contributed by atoms with van der Waals surface area (Å²) < 4.78 is 5.08. The molecule has 0 bridgehead atoms. The summed E-state index contributed by atoms with van der Waals surface area (Å²) in [6.45, 7) is 6.94. The zero-order chi connectivity index (χ0) is 11.1. The molecule has 84 valence electrons. The third-order valence-corrected chi connectivity index (χ3v) is 2.41. The van der Waals surface area contributed by atoms with Crippen LogP contribution in [0.5, 0.6) is 0 Å².